The Morgan fingerprint density at radius 3 is 2.75 bits per heavy atom. The third kappa shape index (κ3) is 2.18. The molecule has 0 saturated heterocycles. The second-order valence-corrected chi connectivity index (χ2v) is 4.06. The largest absolute Gasteiger partial charge is 0.329 e. The first-order valence-corrected chi connectivity index (χ1v) is 4.99. The van der Waals surface area contributed by atoms with Gasteiger partial charge < -0.3 is 10.3 Å². The molecule has 0 spiro atoms. The molecule has 1 aromatic heterocycles. The highest BCUT2D eigenvalue weighted by molar-refractivity contribution is 9.11. The summed E-state index contributed by atoms with van der Waals surface area (Å²) in [5.74, 6) is 0. The van der Waals surface area contributed by atoms with Gasteiger partial charge in [0.25, 0.3) is 5.56 Å². The van der Waals surface area contributed by atoms with Crippen LogP contribution in [0.3, 0.4) is 0 Å². The molecular formula is C7H8Br2N2O. The minimum atomic E-state index is -0.0522. The normalized spacial score (nSPS) is 10.2. The molecule has 0 saturated carbocycles. The number of rotatable bonds is 2. The number of nitrogens with zero attached hydrogens (tertiary/aromatic N) is 1. The summed E-state index contributed by atoms with van der Waals surface area (Å²) in [6.45, 7) is 1.000. The fourth-order valence-electron chi connectivity index (χ4n) is 0.870. The predicted molar refractivity (Wildman–Crippen MR) is 55.2 cm³/mol. The average molecular weight is 296 g/mol. The summed E-state index contributed by atoms with van der Waals surface area (Å²) in [7, 11) is 0. The van der Waals surface area contributed by atoms with E-state index in [1.165, 1.54) is 0 Å². The second-order valence-electron chi connectivity index (χ2n) is 2.29. The molecular weight excluding hydrogens is 288 g/mol. The van der Waals surface area contributed by atoms with Crippen molar-refractivity contribution in [3.05, 3.63) is 31.6 Å². The Labute approximate surface area is 86.8 Å². The first-order valence-electron chi connectivity index (χ1n) is 3.40. The first kappa shape index (κ1) is 9.95. The maximum atomic E-state index is 11.4. The first-order chi connectivity index (χ1) is 5.65. The summed E-state index contributed by atoms with van der Waals surface area (Å²) in [6, 6.07) is 1.72. The van der Waals surface area contributed by atoms with Gasteiger partial charge in [0.15, 0.2) is 0 Å². The Bertz CT molecular complexity index is 335. The van der Waals surface area contributed by atoms with Crippen molar-refractivity contribution in [3.63, 3.8) is 0 Å². The van der Waals surface area contributed by atoms with Crippen LogP contribution in [0.1, 0.15) is 0 Å². The molecule has 1 rings (SSSR count). The number of hydrogen-bond acceptors (Lipinski definition) is 2. The van der Waals surface area contributed by atoms with Gasteiger partial charge in [0.05, 0.1) is 4.47 Å². The van der Waals surface area contributed by atoms with E-state index in [-0.39, 0.29) is 5.56 Å². The summed E-state index contributed by atoms with van der Waals surface area (Å²) >= 11 is 6.45. The summed E-state index contributed by atoms with van der Waals surface area (Å²) < 4.78 is 2.97. The lowest BCUT2D eigenvalue weighted by Crippen LogP contribution is -2.23. The Balaban J connectivity index is 3.19. The van der Waals surface area contributed by atoms with Gasteiger partial charge in [-0.2, -0.15) is 0 Å². The van der Waals surface area contributed by atoms with Crippen LogP contribution in [0.4, 0.5) is 0 Å². The van der Waals surface area contributed by atoms with Crippen molar-refractivity contribution in [2.45, 2.75) is 6.54 Å². The lowest BCUT2D eigenvalue weighted by Gasteiger charge is -2.04. The summed E-state index contributed by atoms with van der Waals surface area (Å²) in [5, 5.41) is 0. The molecule has 0 unspecified atom stereocenters. The fraction of sp³-hybridized carbons (Fsp3) is 0.286. The van der Waals surface area contributed by atoms with Crippen LogP contribution in [-0.4, -0.2) is 11.1 Å². The molecule has 0 bridgehead atoms. The molecule has 12 heavy (non-hydrogen) atoms. The smallest absolute Gasteiger partial charge is 0.264 e. The third-order valence-electron chi connectivity index (χ3n) is 1.38. The number of hydrogen-bond donors (Lipinski definition) is 1. The van der Waals surface area contributed by atoms with Crippen molar-refractivity contribution in [2.75, 3.05) is 6.54 Å². The minimum absolute atomic E-state index is 0.0522. The third-order valence-corrected chi connectivity index (χ3v) is 2.38. The van der Waals surface area contributed by atoms with Gasteiger partial charge in [-0.25, -0.2) is 0 Å². The van der Waals surface area contributed by atoms with Gasteiger partial charge in [0.2, 0.25) is 0 Å². The van der Waals surface area contributed by atoms with Crippen LogP contribution in [0.5, 0.6) is 0 Å². The lowest BCUT2D eigenvalue weighted by molar-refractivity contribution is 0.676. The Morgan fingerprint density at radius 1 is 1.50 bits per heavy atom. The molecule has 0 aliphatic carbocycles. The van der Waals surface area contributed by atoms with Crippen molar-refractivity contribution in [1.29, 1.82) is 0 Å². The van der Waals surface area contributed by atoms with E-state index in [4.69, 9.17) is 5.73 Å². The van der Waals surface area contributed by atoms with Gasteiger partial charge >= 0.3 is 0 Å². The Kier molecular flexibility index (Phi) is 3.49. The standard InChI is InChI=1S/C7H8Br2N2O/c8-5-3-6(9)7(12)11(4-5)2-1-10/h3-4H,1-2,10H2. The number of aromatic nitrogens is 1. The van der Waals surface area contributed by atoms with Crippen molar-refractivity contribution < 1.29 is 0 Å². The van der Waals surface area contributed by atoms with Crippen LogP contribution >= 0.6 is 31.9 Å². The summed E-state index contributed by atoms with van der Waals surface area (Å²) in [6.07, 6.45) is 1.72. The zero-order valence-corrected chi connectivity index (χ0v) is 9.43. The molecule has 2 N–H and O–H groups in total. The number of nitrogens with two attached hydrogens (primary N) is 1. The van der Waals surface area contributed by atoms with Gasteiger partial charge in [-0.15, -0.1) is 0 Å². The zero-order chi connectivity index (χ0) is 9.14. The van der Waals surface area contributed by atoms with E-state index in [9.17, 15) is 4.79 Å². The highest BCUT2D eigenvalue weighted by Crippen LogP contribution is 2.12. The molecule has 0 aliphatic heterocycles. The topological polar surface area (TPSA) is 48.0 Å². The van der Waals surface area contributed by atoms with Gasteiger partial charge in [-0.1, -0.05) is 0 Å². The molecule has 0 radical (unpaired) electrons. The van der Waals surface area contributed by atoms with E-state index in [1.807, 2.05) is 0 Å². The number of pyridine rings is 1. The highest BCUT2D eigenvalue weighted by Gasteiger charge is 2.01. The van der Waals surface area contributed by atoms with Crippen molar-refractivity contribution in [2.24, 2.45) is 5.73 Å². The van der Waals surface area contributed by atoms with E-state index in [1.54, 1.807) is 16.8 Å². The van der Waals surface area contributed by atoms with Crippen LogP contribution in [-0.2, 0) is 6.54 Å². The molecule has 0 amide bonds. The zero-order valence-electron chi connectivity index (χ0n) is 6.26. The van der Waals surface area contributed by atoms with Crippen LogP contribution < -0.4 is 11.3 Å². The van der Waals surface area contributed by atoms with Crippen LogP contribution in [0.15, 0.2) is 26.0 Å². The fourth-order valence-corrected chi connectivity index (χ4v) is 2.13. The van der Waals surface area contributed by atoms with Crippen LogP contribution in [0, 0.1) is 0 Å². The SMILES string of the molecule is NCCn1cc(Br)cc(Br)c1=O. The molecule has 0 atom stereocenters. The van der Waals surface area contributed by atoms with Crippen molar-refractivity contribution in [3.8, 4) is 0 Å². The maximum Gasteiger partial charge on any atom is 0.264 e. The van der Waals surface area contributed by atoms with Crippen LogP contribution in [0.2, 0.25) is 0 Å². The molecule has 0 aliphatic rings. The van der Waals surface area contributed by atoms with Gasteiger partial charge in [0, 0.05) is 23.8 Å². The monoisotopic (exact) mass is 294 g/mol. The minimum Gasteiger partial charge on any atom is -0.329 e. The van der Waals surface area contributed by atoms with Crippen molar-refractivity contribution in [1.82, 2.24) is 4.57 Å². The quantitative estimate of drug-likeness (QED) is 0.895. The molecule has 1 aromatic rings. The van der Waals surface area contributed by atoms with Gasteiger partial charge in [-0.05, 0) is 37.9 Å². The Hall–Kier alpha value is -0.130. The lowest BCUT2D eigenvalue weighted by atomic mass is 10.4. The maximum absolute atomic E-state index is 11.4. The van der Waals surface area contributed by atoms with Crippen molar-refractivity contribution >= 4 is 31.9 Å². The highest BCUT2D eigenvalue weighted by atomic mass is 79.9. The average Bonchev–Trinajstić information content (AvgIpc) is 2.00. The molecule has 66 valence electrons. The predicted octanol–water partition coefficient (Wildman–Crippen LogP) is 1.33. The van der Waals surface area contributed by atoms with E-state index >= 15 is 0 Å². The van der Waals surface area contributed by atoms with Gasteiger partial charge in [-0.3, -0.25) is 4.79 Å². The van der Waals surface area contributed by atoms with E-state index in [2.05, 4.69) is 31.9 Å². The van der Waals surface area contributed by atoms with Gasteiger partial charge in [0.1, 0.15) is 0 Å². The second kappa shape index (κ2) is 4.20. The van der Waals surface area contributed by atoms with E-state index in [0.29, 0.717) is 17.6 Å². The number of halogens is 2. The molecule has 0 aromatic carbocycles. The van der Waals surface area contributed by atoms with E-state index < -0.39 is 0 Å². The molecule has 0 fully saturated rings. The van der Waals surface area contributed by atoms with Crippen LogP contribution in [0.25, 0.3) is 0 Å². The molecule has 5 heteroatoms. The molecule has 1 heterocycles. The summed E-state index contributed by atoms with van der Waals surface area (Å²) in [5.41, 5.74) is 5.29. The molecule has 3 nitrogen and oxygen atoms in total. The van der Waals surface area contributed by atoms with E-state index in [0.717, 1.165) is 4.47 Å². The summed E-state index contributed by atoms with van der Waals surface area (Å²) in [4.78, 5) is 11.4. The Morgan fingerprint density at radius 2 is 2.17 bits per heavy atom.